The first-order valence-corrected chi connectivity index (χ1v) is 9.40. The summed E-state index contributed by atoms with van der Waals surface area (Å²) in [5.74, 6) is -1.37. The molecule has 0 saturated carbocycles. The van der Waals surface area contributed by atoms with Crippen LogP contribution in [0.15, 0.2) is 23.1 Å². The lowest BCUT2D eigenvalue weighted by Crippen LogP contribution is -2.49. The molecule has 1 amide bonds. The van der Waals surface area contributed by atoms with Crippen molar-refractivity contribution in [3.63, 3.8) is 0 Å². The number of aliphatic carboxylic acids is 1. The number of carbonyl (C=O) groups is 2. The van der Waals surface area contributed by atoms with Crippen LogP contribution in [0.1, 0.15) is 43.5 Å². The Bertz CT molecular complexity index is 722. The van der Waals surface area contributed by atoms with Crippen LogP contribution >= 0.6 is 0 Å². The summed E-state index contributed by atoms with van der Waals surface area (Å²) in [4.78, 5) is 23.7. The molecule has 0 aromatic heterocycles. The molecule has 0 aliphatic rings. The zero-order valence-electron chi connectivity index (χ0n) is 14.3. The predicted molar refractivity (Wildman–Crippen MR) is 89.1 cm³/mol. The smallest absolute Gasteiger partial charge is 0.305 e. The van der Waals surface area contributed by atoms with E-state index in [-0.39, 0.29) is 22.6 Å². The molecule has 0 bridgehead atoms. The number of carboxylic acid groups (broad SMARTS) is 1. The van der Waals surface area contributed by atoms with Crippen LogP contribution in [0.25, 0.3) is 0 Å². The van der Waals surface area contributed by atoms with Gasteiger partial charge in [-0.2, -0.15) is 0 Å². The molecule has 1 aromatic carbocycles. The van der Waals surface area contributed by atoms with Gasteiger partial charge in [0, 0.05) is 6.26 Å². The van der Waals surface area contributed by atoms with Crippen molar-refractivity contribution in [3.05, 3.63) is 23.8 Å². The molecule has 0 saturated heterocycles. The molecule has 1 aromatic rings. The monoisotopic (exact) mass is 357 g/mol. The molecule has 24 heavy (non-hydrogen) atoms. The summed E-state index contributed by atoms with van der Waals surface area (Å²) in [6.45, 7) is 3.58. The number of hydrogen-bond acceptors (Lipinski definition) is 5. The summed E-state index contributed by atoms with van der Waals surface area (Å²) >= 11 is 0. The Morgan fingerprint density at radius 2 is 1.83 bits per heavy atom. The van der Waals surface area contributed by atoms with Gasteiger partial charge in [0.2, 0.25) is 0 Å². The molecule has 0 aliphatic heterocycles. The number of sulfone groups is 1. The predicted octanol–water partition coefficient (Wildman–Crippen LogP) is 1.86. The van der Waals surface area contributed by atoms with Gasteiger partial charge in [0.05, 0.1) is 29.5 Å². The Morgan fingerprint density at radius 1 is 1.25 bits per heavy atom. The molecule has 0 unspecified atom stereocenters. The second-order valence-electron chi connectivity index (χ2n) is 5.65. The lowest BCUT2D eigenvalue weighted by atomic mass is 9.88. The van der Waals surface area contributed by atoms with Crippen LogP contribution in [0.4, 0.5) is 0 Å². The van der Waals surface area contributed by atoms with E-state index in [4.69, 9.17) is 9.84 Å². The Balaban J connectivity index is 3.28. The molecule has 134 valence electrons. The average Bonchev–Trinajstić information content (AvgIpc) is 2.52. The van der Waals surface area contributed by atoms with E-state index < -0.39 is 27.3 Å². The van der Waals surface area contributed by atoms with Crippen molar-refractivity contribution in [1.29, 1.82) is 0 Å². The van der Waals surface area contributed by atoms with E-state index >= 15 is 0 Å². The van der Waals surface area contributed by atoms with Gasteiger partial charge in [-0.05, 0) is 31.0 Å². The van der Waals surface area contributed by atoms with Gasteiger partial charge in [-0.25, -0.2) is 8.42 Å². The number of carbonyl (C=O) groups excluding carboxylic acids is 1. The zero-order valence-corrected chi connectivity index (χ0v) is 15.1. The molecule has 0 radical (unpaired) electrons. The molecular weight excluding hydrogens is 334 g/mol. The van der Waals surface area contributed by atoms with Crippen LogP contribution < -0.4 is 10.1 Å². The van der Waals surface area contributed by atoms with E-state index in [9.17, 15) is 18.0 Å². The Hall–Kier alpha value is -2.09. The first-order valence-electron chi connectivity index (χ1n) is 7.51. The third-order valence-electron chi connectivity index (χ3n) is 4.07. The highest BCUT2D eigenvalue weighted by atomic mass is 32.2. The lowest BCUT2D eigenvalue weighted by Gasteiger charge is -2.31. The summed E-state index contributed by atoms with van der Waals surface area (Å²) in [5, 5.41) is 11.8. The maximum absolute atomic E-state index is 12.6. The van der Waals surface area contributed by atoms with Gasteiger partial charge in [0.15, 0.2) is 9.84 Å². The number of benzene rings is 1. The molecule has 0 fully saturated rings. The van der Waals surface area contributed by atoms with E-state index in [1.54, 1.807) is 13.8 Å². The normalized spacial score (nSPS) is 11.8. The molecule has 2 N–H and O–H groups in total. The molecule has 8 heteroatoms. The first-order chi connectivity index (χ1) is 11.1. The standard InChI is InChI=1S/C16H23NO6S/c1-5-16(6-2,10-14(18)19)17-15(20)12-9-11(24(4,21)22)7-8-13(12)23-3/h7-9H,5-6,10H2,1-4H3,(H,17,20)(H,18,19). The number of rotatable bonds is 8. The number of ether oxygens (including phenoxy) is 1. The van der Waals surface area contributed by atoms with Crippen molar-refractivity contribution in [2.24, 2.45) is 0 Å². The fourth-order valence-corrected chi connectivity index (χ4v) is 3.06. The van der Waals surface area contributed by atoms with Crippen LogP contribution in [0, 0.1) is 0 Å². The van der Waals surface area contributed by atoms with E-state index in [1.165, 1.54) is 25.3 Å². The highest BCUT2D eigenvalue weighted by molar-refractivity contribution is 7.90. The fraction of sp³-hybridized carbons (Fsp3) is 0.500. The quantitative estimate of drug-likeness (QED) is 0.735. The van der Waals surface area contributed by atoms with Crippen molar-refractivity contribution >= 4 is 21.7 Å². The molecular formula is C16H23NO6S. The molecule has 7 nitrogen and oxygen atoms in total. The molecule has 0 spiro atoms. The number of amides is 1. The minimum Gasteiger partial charge on any atom is -0.496 e. The second kappa shape index (κ2) is 7.65. The average molecular weight is 357 g/mol. The van der Waals surface area contributed by atoms with Crippen LogP contribution in [0.5, 0.6) is 5.75 Å². The Labute approximate surface area is 141 Å². The maximum Gasteiger partial charge on any atom is 0.305 e. The van der Waals surface area contributed by atoms with Gasteiger partial charge in [-0.1, -0.05) is 13.8 Å². The van der Waals surface area contributed by atoms with Gasteiger partial charge >= 0.3 is 5.97 Å². The fourth-order valence-electron chi connectivity index (χ4n) is 2.41. The van der Waals surface area contributed by atoms with E-state index in [1.807, 2.05) is 0 Å². The molecule has 0 atom stereocenters. The zero-order chi connectivity index (χ0) is 18.5. The van der Waals surface area contributed by atoms with Crippen molar-refractivity contribution in [2.45, 2.75) is 43.5 Å². The number of methoxy groups -OCH3 is 1. The third-order valence-corrected chi connectivity index (χ3v) is 5.18. The van der Waals surface area contributed by atoms with E-state index in [2.05, 4.69) is 5.32 Å². The molecule has 0 heterocycles. The van der Waals surface area contributed by atoms with Crippen molar-refractivity contribution < 1.29 is 27.9 Å². The minimum atomic E-state index is -3.49. The summed E-state index contributed by atoms with van der Waals surface area (Å²) in [7, 11) is -2.12. The minimum absolute atomic E-state index is 0.00900. The second-order valence-corrected chi connectivity index (χ2v) is 7.66. The van der Waals surface area contributed by atoms with Gasteiger partial charge in [-0.15, -0.1) is 0 Å². The molecule has 1 rings (SSSR count). The van der Waals surface area contributed by atoms with E-state index in [0.29, 0.717) is 12.8 Å². The van der Waals surface area contributed by atoms with Gasteiger partial charge in [0.25, 0.3) is 5.91 Å². The summed E-state index contributed by atoms with van der Waals surface area (Å²) in [6, 6.07) is 4.00. The van der Waals surface area contributed by atoms with Crippen molar-refractivity contribution in [1.82, 2.24) is 5.32 Å². The highest BCUT2D eigenvalue weighted by Gasteiger charge is 2.32. The first kappa shape index (κ1) is 20.0. The third kappa shape index (κ3) is 4.70. The van der Waals surface area contributed by atoms with Crippen molar-refractivity contribution in [2.75, 3.05) is 13.4 Å². The van der Waals surface area contributed by atoms with Crippen LogP contribution in [-0.2, 0) is 14.6 Å². The largest absolute Gasteiger partial charge is 0.496 e. The van der Waals surface area contributed by atoms with Crippen molar-refractivity contribution in [3.8, 4) is 5.75 Å². The number of hydrogen-bond donors (Lipinski definition) is 2. The number of carboxylic acids is 1. The topological polar surface area (TPSA) is 110 Å². The SMILES string of the molecule is CCC(CC)(CC(=O)O)NC(=O)c1cc(S(C)(=O)=O)ccc1OC. The molecule has 0 aliphatic carbocycles. The summed E-state index contributed by atoms with van der Waals surface area (Å²) in [5.41, 5.74) is -0.855. The van der Waals surface area contributed by atoms with Gasteiger partial charge in [-0.3, -0.25) is 9.59 Å². The van der Waals surface area contributed by atoms with Gasteiger partial charge < -0.3 is 15.2 Å². The van der Waals surface area contributed by atoms with Crippen LogP contribution in [0.3, 0.4) is 0 Å². The highest BCUT2D eigenvalue weighted by Crippen LogP contribution is 2.25. The Morgan fingerprint density at radius 3 is 2.25 bits per heavy atom. The van der Waals surface area contributed by atoms with Crippen LogP contribution in [-0.4, -0.2) is 44.3 Å². The lowest BCUT2D eigenvalue weighted by molar-refractivity contribution is -0.138. The van der Waals surface area contributed by atoms with Gasteiger partial charge in [0.1, 0.15) is 5.75 Å². The number of nitrogens with one attached hydrogen (secondary N) is 1. The van der Waals surface area contributed by atoms with E-state index in [0.717, 1.165) is 6.26 Å². The maximum atomic E-state index is 12.6. The summed E-state index contributed by atoms with van der Waals surface area (Å²) in [6.07, 6.45) is 1.67. The van der Waals surface area contributed by atoms with Crippen LogP contribution in [0.2, 0.25) is 0 Å². The summed E-state index contributed by atoms with van der Waals surface area (Å²) < 4.78 is 28.5. The Kier molecular flexibility index (Phi) is 6.36.